The number of aryl methyl sites for hydroxylation is 3. The minimum absolute atomic E-state index is 0.108. The van der Waals surface area contributed by atoms with E-state index in [0.717, 1.165) is 35.1 Å². The van der Waals surface area contributed by atoms with Gasteiger partial charge in [0.15, 0.2) is 11.3 Å². The zero-order chi connectivity index (χ0) is 27.5. The molecule has 0 saturated carbocycles. The molecule has 0 unspecified atom stereocenters. The molecule has 41 heavy (non-hydrogen) atoms. The summed E-state index contributed by atoms with van der Waals surface area (Å²) in [5.41, 5.74) is 7.63. The van der Waals surface area contributed by atoms with E-state index in [1.165, 1.54) is 22.0 Å². The van der Waals surface area contributed by atoms with Gasteiger partial charge in [0, 0.05) is 40.6 Å². The Morgan fingerprint density at radius 1 is 0.732 bits per heavy atom. The van der Waals surface area contributed by atoms with E-state index in [9.17, 15) is 4.79 Å². The first kappa shape index (κ1) is 23.6. The van der Waals surface area contributed by atoms with Gasteiger partial charge in [-0.05, 0) is 55.3 Å². The topological polar surface area (TPSA) is 70.5 Å². The molecule has 4 aromatic heterocycles. The Morgan fingerprint density at radius 3 is 2.29 bits per heavy atom. The van der Waals surface area contributed by atoms with Gasteiger partial charge in [-0.1, -0.05) is 60.7 Å². The molecule has 0 atom stereocenters. The highest BCUT2D eigenvalue weighted by Crippen LogP contribution is 2.33. The molecular weight excluding hydrogens is 508 g/mol. The first-order valence-electron chi connectivity index (χ1n) is 13.9. The van der Waals surface area contributed by atoms with E-state index < -0.39 is 0 Å². The van der Waals surface area contributed by atoms with Crippen LogP contribution >= 0.6 is 0 Å². The minimum Gasteiger partial charge on any atom is -0.341 e. The van der Waals surface area contributed by atoms with Crippen LogP contribution in [0.15, 0.2) is 108 Å². The van der Waals surface area contributed by atoms with Crippen LogP contribution in [0, 0.1) is 0 Å². The molecule has 0 aliphatic carbocycles. The van der Waals surface area contributed by atoms with Crippen LogP contribution < -0.4 is 5.56 Å². The van der Waals surface area contributed by atoms with Crippen LogP contribution in [0.25, 0.3) is 60.7 Å². The van der Waals surface area contributed by atoms with Gasteiger partial charge < -0.3 is 4.57 Å². The van der Waals surface area contributed by atoms with Crippen LogP contribution in [0.2, 0.25) is 0 Å². The van der Waals surface area contributed by atoms with Crippen molar-refractivity contribution < 1.29 is 0 Å². The van der Waals surface area contributed by atoms with Crippen molar-refractivity contribution in [2.24, 2.45) is 0 Å². The first-order chi connectivity index (χ1) is 20.2. The summed E-state index contributed by atoms with van der Waals surface area (Å²) in [6.07, 6.45) is 2.39. The van der Waals surface area contributed by atoms with Gasteiger partial charge in [-0.25, -0.2) is 15.0 Å². The molecule has 0 amide bonds. The van der Waals surface area contributed by atoms with Gasteiger partial charge in [0.1, 0.15) is 10.9 Å². The number of hydrogen-bond donors (Lipinski definition) is 0. The molecule has 0 radical (unpaired) electrons. The summed E-state index contributed by atoms with van der Waals surface area (Å²) in [7, 11) is 0. The highest BCUT2D eigenvalue weighted by Gasteiger charge is 2.22. The molecule has 0 spiro atoms. The lowest BCUT2D eigenvalue weighted by atomic mass is 10.1. The van der Waals surface area contributed by atoms with Gasteiger partial charge in [0.05, 0.1) is 17.4 Å². The summed E-state index contributed by atoms with van der Waals surface area (Å²) < 4.78 is 6.01. The Morgan fingerprint density at radius 2 is 1.46 bits per heavy atom. The maximum Gasteiger partial charge on any atom is 0.265 e. The van der Waals surface area contributed by atoms with Gasteiger partial charge in [-0.3, -0.25) is 13.9 Å². The molecule has 198 valence electrons. The lowest BCUT2D eigenvalue weighted by Crippen LogP contribution is -2.21. The van der Waals surface area contributed by atoms with E-state index in [4.69, 9.17) is 15.0 Å². The van der Waals surface area contributed by atoms with E-state index in [-0.39, 0.29) is 5.56 Å². The third kappa shape index (κ3) is 3.59. The van der Waals surface area contributed by atoms with Crippen LogP contribution in [0.4, 0.5) is 0 Å². The van der Waals surface area contributed by atoms with E-state index in [1.807, 2.05) is 47.0 Å². The van der Waals surface area contributed by atoms with Crippen molar-refractivity contribution in [1.82, 2.24) is 28.7 Å². The van der Waals surface area contributed by atoms with Gasteiger partial charge in [0.25, 0.3) is 5.56 Å². The Labute approximate surface area is 235 Å². The fraction of sp³-hybridized carbons (Fsp3) is 0.118. The maximum atomic E-state index is 14.0. The standard InChI is InChI=1S/C34H26N6O/c1-2-39-28-15-9-6-12-24(28)25-20-23(16-17-29(25)39)40-32-30(31-33(40)37-27-14-8-7-13-26(27)36-31)34(41)38(21-35-32)19-18-22-10-4-3-5-11-22/h3-17,20-21H,2,18-19H2,1H3. The molecule has 0 bridgehead atoms. The summed E-state index contributed by atoms with van der Waals surface area (Å²) in [4.78, 5) is 28.9. The van der Waals surface area contributed by atoms with E-state index in [2.05, 4.69) is 66.1 Å². The van der Waals surface area contributed by atoms with Gasteiger partial charge in [-0.15, -0.1) is 0 Å². The Bertz CT molecular complexity index is 2330. The molecule has 0 saturated heterocycles. The van der Waals surface area contributed by atoms with Crippen LogP contribution in [0.3, 0.4) is 0 Å². The number of rotatable bonds is 5. The van der Waals surface area contributed by atoms with Crippen molar-refractivity contribution in [3.05, 3.63) is 119 Å². The molecule has 0 aliphatic rings. The third-order valence-corrected chi connectivity index (χ3v) is 8.04. The SMILES string of the molecule is CCn1c2ccccc2c2cc(-n3c4nc5ccccc5nc4c4c(=O)n(CCc5ccccc5)cnc43)ccc21. The summed E-state index contributed by atoms with van der Waals surface area (Å²) in [5, 5.41) is 2.84. The van der Waals surface area contributed by atoms with Crippen molar-refractivity contribution in [2.45, 2.75) is 26.4 Å². The van der Waals surface area contributed by atoms with E-state index in [0.29, 0.717) is 28.7 Å². The average molecular weight is 535 g/mol. The number of para-hydroxylation sites is 3. The van der Waals surface area contributed by atoms with Crippen LogP contribution in [-0.4, -0.2) is 28.7 Å². The number of benzene rings is 4. The molecule has 8 aromatic rings. The van der Waals surface area contributed by atoms with Crippen molar-refractivity contribution in [2.75, 3.05) is 0 Å². The number of fused-ring (bicyclic) bond motifs is 7. The highest BCUT2D eigenvalue weighted by molar-refractivity contribution is 6.10. The molecule has 7 nitrogen and oxygen atoms in total. The fourth-order valence-corrected chi connectivity index (χ4v) is 6.09. The predicted octanol–water partition coefficient (Wildman–Crippen LogP) is 6.65. The van der Waals surface area contributed by atoms with Crippen molar-refractivity contribution in [1.29, 1.82) is 0 Å². The van der Waals surface area contributed by atoms with Crippen LogP contribution in [0.1, 0.15) is 12.5 Å². The quantitative estimate of drug-likeness (QED) is 0.248. The first-order valence-corrected chi connectivity index (χ1v) is 13.9. The summed E-state index contributed by atoms with van der Waals surface area (Å²) in [6, 6.07) is 32.9. The largest absolute Gasteiger partial charge is 0.341 e. The maximum absolute atomic E-state index is 14.0. The molecular formula is C34H26N6O. The minimum atomic E-state index is -0.108. The highest BCUT2D eigenvalue weighted by atomic mass is 16.1. The summed E-state index contributed by atoms with van der Waals surface area (Å²) >= 11 is 0. The third-order valence-electron chi connectivity index (χ3n) is 8.04. The average Bonchev–Trinajstić information content (AvgIpc) is 3.52. The van der Waals surface area contributed by atoms with E-state index in [1.54, 1.807) is 10.9 Å². The van der Waals surface area contributed by atoms with Gasteiger partial charge in [-0.2, -0.15) is 0 Å². The zero-order valence-electron chi connectivity index (χ0n) is 22.5. The Balaban J connectivity index is 1.40. The summed E-state index contributed by atoms with van der Waals surface area (Å²) in [6.45, 7) is 3.57. The molecule has 4 aromatic carbocycles. The van der Waals surface area contributed by atoms with E-state index >= 15 is 0 Å². The second-order valence-corrected chi connectivity index (χ2v) is 10.4. The number of aromatic nitrogens is 6. The molecule has 7 heteroatoms. The molecule has 4 heterocycles. The normalized spacial score (nSPS) is 11.9. The molecule has 0 aliphatic heterocycles. The van der Waals surface area contributed by atoms with Crippen LogP contribution in [-0.2, 0) is 19.5 Å². The second-order valence-electron chi connectivity index (χ2n) is 10.4. The number of nitrogens with zero attached hydrogens (tertiary/aromatic N) is 6. The smallest absolute Gasteiger partial charge is 0.265 e. The number of hydrogen-bond acceptors (Lipinski definition) is 4. The molecule has 0 N–H and O–H groups in total. The molecule has 0 fully saturated rings. The zero-order valence-corrected chi connectivity index (χ0v) is 22.5. The van der Waals surface area contributed by atoms with Crippen LogP contribution in [0.5, 0.6) is 0 Å². The lowest BCUT2D eigenvalue weighted by molar-refractivity contribution is 0.662. The summed E-state index contributed by atoms with van der Waals surface area (Å²) in [5.74, 6) is 0. The predicted molar refractivity (Wildman–Crippen MR) is 165 cm³/mol. The van der Waals surface area contributed by atoms with Gasteiger partial charge in [0.2, 0.25) is 0 Å². The monoisotopic (exact) mass is 534 g/mol. The van der Waals surface area contributed by atoms with Crippen molar-refractivity contribution in [3.63, 3.8) is 0 Å². The van der Waals surface area contributed by atoms with Gasteiger partial charge >= 0.3 is 0 Å². The lowest BCUT2D eigenvalue weighted by Gasteiger charge is -2.09. The Hall–Kier alpha value is -5.30. The Kier molecular flexibility index (Phi) is 5.25. The van der Waals surface area contributed by atoms with Crippen molar-refractivity contribution in [3.8, 4) is 5.69 Å². The van der Waals surface area contributed by atoms with Crippen molar-refractivity contribution >= 4 is 55.0 Å². The fourth-order valence-electron chi connectivity index (χ4n) is 6.09. The molecule has 8 rings (SSSR count). The second kappa shape index (κ2) is 9.13.